The van der Waals surface area contributed by atoms with Gasteiger partial charge in [-0.15, -0.1) is 11.8 Å². The Morgan fingerprint density at radius 2 is 1.70 bits per heavy atom. The number of hydrogen-bond acceptors (Lipinski definition) is 7. The van der Waals surface area contributed by atoms with Gasteiger partial charge in [0, 0.05) is 44.6 Å². The fourth-order valence-corrected chi connectivity index (χ4v) is 11.2. The fourth-order valence-electron chi connectivity index (χ4n) is 8.01. The summed E-state index contributed by atoms with van der Waals surface area (Å²) in [6.07, 6.45) is 2.64. The minimum atomic E-state index is -0.841. The fraction of sp³-hybridized carbons (Fsp3) is 0.438. The number of benzene rings is 2. The van der Waals surface area contributed by atoms with Crippen molar-refractivity contribution >= 4 is 64.1 Å². The zero-order valence-corrected chi connectivity index (χ0v) is 26.7. The number of nitrogens with zero attached hydrogens (tertiary/aromatic N) is 1. The first kappa shape index (κ1) is 29.9. The summed E-state index contributed by atoms with van der Waals surface area (Å²) in [5, 5.41) is 11.0. The van der Waals surface area contributed by atoms with Gasteiger partial charge in [0.2, 0.25) is 11.8 Å². The second-order valence-electron chi connectivity index (χ2n) is 12.1. The molecular weight excluding hydrogens is 643 g/mol. The molecule has 1 aromatic heterocycles. The van der Waals surface area contributed by atoms with Crippen molar-refractivity contribution < 1.29 is 24.2 Å². The van der Waals surface area contributed by atoms with Crippen LogP contribution in [0.1, 0.15) is 54.0 Å². The number of likely N-dealkylation sites (tertiary alicyclic amines) is 1. The number of fused-ring (bicyclic) bond motifs is 9. The van der Waals surface area contributed by atoms with E-state index >= 15 is 0 Å². The molecule has 1 saturated heterocycles. The molecule has 2 aliphatic carbocycles. The highest BCUT2D eigenvalue weighted by Crippen LogP contribution is 2.69. The molecule has 4 aliphatic rings. The third-order valence-corrected chi connectivity index (χ3v) is 12.8. The first-order chi connectivity index (χ1) is 21.2. The SMILES string of the molecule is O=C(O)CCCCCN1C(=O)C2C3CC(C2C1=O)C1C3Sc2[nH]c(=O)sc2[C@@H]1c1cc(Cl)ccc1OCc1ccc(Cl)cc1. The topological polar surface area (TPSA) is 117 Å². The Hall–Kier alpha value is -2.79. The van der Waals surface area contributed by atoms with Crippen molar-refractivity contribution in [3.05, 3.63) is 78.2 Å². The lowest BCUT2D eigenvalue weighted by Gasteiger charge is -2.43. The predicted octanol–water partition coefficient (Wildman–Crippen LogP) is 6.44. The average molecular weight is 674 g/mol. The maximum absolute atomic E-state index is 13.8. The Kier molecular flexibility index (Phi) is 8.06. The van der Waals surface area contributed by atoms with Crippen LogP contribution in [0.5, 0.6) is 5.75 Å². The van der Waals surface area contributed by atoms with Crippen LogP contribution < -0.4 is 9.61 Å². The molecule has 0 spiro atoms. The van der Waals surface area contributed by atoms with E-state index in [9.17, 15) is 19.2 Å². The van der Waals surface area contributed by atoms with Crippen molar-refractivity contribution in [1.82, 2.24) is 9.88 Å². The summed E-state index contributed by atoms with van der Waals surface area (Å²) in [5.74, 6) is -1.31. The molecular formula is C32H30Cl2N2O6S2. The van der Waals surface area contributed by atoms with Gasteiger partial charge in [-0.25, -0.2) is 0 Å². The molecule has 12 heteroatoms. The van der Waals surface area contributed by atoms with Gasteiger partial charge >= 0.3 is 10.8 Å². The van der Waals surface area contributed by atoms with Crippen LogP contribution in [0, 0.1) is 29.6 Å². The van der Waals surface area contributed by atoms with Gasteiger partial charge in [0.05, 0.1) is 16.9 Å². The molecule has 6 unspecified atom stereocenters. The number of halogens is 2. The Morgan fingerprint density at radius 3 is 2.45 bits per heavy atom. The van der Waals surface area contributed by atoms with E-state index in [-0.39, 0.29) is 63.9 Å². The Balaban J connectivity index is 1.20. The summed E-state index contributed by atoms with van der Waals surface area (Å²) >= 11 is 15.5. The minimum absolute atomic E-state index is 0.0186. The zero-order chi connectivity index (χ0) is 30.7. The number of aliphatic carboxylic acids is 1. The number of aromatic nitrogens is 1. The number of imide groups is 1. The van der Waals surface area contributed by atoms with Crippen molar-refractivity contribution in [3.8, 4) is 5.75 Å². The monoisotopic (exact) mass is 672 g/mol. The third-order valence-electron chi connectivity index (χ3n) is 9.70. The molecule has 2 aliphatic heterocycles. The molecule has 230 valence electrons. The minimum Gasteiger partial charge on any atom is -0.489 e. The highest BCUT2D eigenvalue weighted by atomic mass is 35.5. The predicted molar refractivity (Wildman–Crippen MR) is 169 cm³/mol. The van der Waals surface area contributed by atoms with E-state index < -0.39 is 5.97 Å². The average Bonchev–Trinajstić information content (AvgIpc) is 3.72. The van der Waals surface area contributed by atoms with Crippen molar-refractivity contribution in [2.75, 3.05) is 6.54 Å². The van der Waals surface area contributed by atoms with Crippen molar-refractivity contribution in [2.45, 2.75) is 54.9 Å². The number of carboxylic acids is 1. The highest BCUT2D eigenvalue weighted by Gasteiger charge is 2.69. The zero-order valence-electron chi connectivity index (χ0n) is 23.5. The smallest absolute Gasteiger partial charge is 0.305 e. The second-order valence-corrected chi connectivity index (χ2v) is 15.2. The van der Waals surface area contributed by atoms with Crippen molar-refractivity contribution in [3.63, 3.8) is 0 Å². The number of amides is 2. The highest BCUT2D eigenvalue weighted by molar-refractivity contribution is 8.00. The standard InChI is InChI=1S/C32H30Cl2N2O6S2/c33-16-7-5-15(6-8-16)14-42-21-10-9-17(34)12-18(21)23-24-19-13-20(27(24)43-29-28(23)44-32(41)35-29)26-25(19)30(39)36(31(26)40)11-3-1-2-4-22(37)38/h5-10,12,19-20,23-27H,1-4,11,13-14H2,(H,35,41)(H,37,38)/t19?,20?,23-,24?,25?,26?,27?/m1/s1. The molecule has 0 radical (unpaired) electrons. The van der Waals surface area contributed by atoms with Crippen LogP contribution >= 0.6 is 46.3 Å². The summed E-state index contributed by atoms with van der Waals surface area (Å²) in [6, 6.07) is 13.0. The number of ether oxygens (including phenoxy) is 1. The summed E-state index contributed by atoms with van der Waals surface area (Å²) in [5.41, 5.74) is 1.84. The Morgan fingerprint density at radius 1 is 0.977 bits per heavy atom. The third kappa shape index (κ3) is 5.17. The molecule has 7 atom stereocenters. The number of H-pyrrole nitrogens is 1. The van der Waals surface area contributed by atoms with Gasteiger partial charge in [-0.05, 0) is 72.9 Å². The molecule has 2 bridgehead atoms. The molecule has 2 N–H and O–H groups in total. The maximum atomic E-state index is 13.8. The van der Waals surface area contributed by atoms with Gasteiger partial charge in [0.1, 0.15) is 12.4 Å². The molecule has 3 heterocycles. The largest absolute Gasteiger partial charge is 0.489 e. The Bertz CT molecular complexity index is 1690. The number of carbonyl (C=O) groups excluding carboxylic acids is 2. The van der Waals surface area contributed by atoms with E-state index in [0.717, 1.165) is 27.5 Å². The van der Waals surface area contributed by atoms with Crippen molar-refractivity contribution in [1.29, 1.82) is 0 Å². The number of carboxylic acid groups (broad SMARTS) is 1. The first-order valence-electron chi connectivity index (χ1n) is 14.8. The number of thioether (sulfide) groups is 1. The number of rotatable bonds is 10. The van der Waals surface area contributed by atoms with Crippen LogP contribution in [-0.4, -0.2) is 44.6 Å². The summed E-state index contributed by atoms with van der Waals surface area (Å²) < 4.78 is 6.38. The Labute approximate surface area is 272 Å². The quantitative estimate of drug-likeness (QED) is 0.188. The number of carbonyl (C=O) groups is 3. The first-order valence-corrected chi connectivity index (χ1v) is 17.3. The number of thiazole rings is 1. The van der Waals surface area contributed by atoms with E-state index in [1.807, 2.05) is 36.4 Å². The molecule has 44 heavy (non-hydrogen) atoms. The van der Waals surface area contributed by atoms with Gasteiger partial charge in [-0.2, -0.15) is 0 Å². The number of unbranched alkanes of at least 4 members (excludes halogenated alkanes) is 2. The van der Waals surface area contributed by atoms with Gasteiger partial charge in [-0.1, -0.05) is 53.1 Å². The van der Waals surface area contributed by atoms with Crippen molar-refractivity contribution in [2.24, 2.45) is 29.6 Å². The van der Waals surface area contributed by atoms with Crippen LogP contribution in [0.25, 0.3) is 0 Å². The molecule has 2 aromatic carbocycles. The van der Waals surface area contributed by atoms with E-state index in [4.69, 9.17) is 33.0 Å². The molecule has 7 rings (SSSR count). The van der Waals surface area contributed by atoms with Crippen LogP contribution in [0.15, 0.2) is 52.3 Å². The molecule has 3 aromatic rings. The summed E-state index contributed by atoms with van der Waals surface area (Å²) in [6.45, 7) is 0.649. The molecule has 2 amide bonds. The lowest BCUT2D eigenvalue weighted by atomic mass is 9.68. The lowest BCUT2D eigenvalue weighted by molar-refractivity contribution is -0.141. The number of hydrogen-bond donors (Lipinski definition) is 2. The van der Waals surface area contributed by atoms with E-state index in [1.54, 1.807) is 17.8 Å². The van der Waals surface area contributed by atoms with Crippen LogP contribution in [0.3, 0.4) is 0 Å². The molecule has 8 nitrogen and oxygen atoms in total. The van der Waals surface area contributed by atoms with Gasteiger partial charge < -0.3 is 14.8 Å². The van der Waals surface area contributed by atoms with E-state index in [0.29, 0.717) is 48.2 Å². The van der Waals surface area contributed by atoms with Gasteiger partial charge in [0.15, 0.2) is 0 Å². The van der Waals surface area contributed by atoms with Gasteiger partial charge in [0.25, 0.3) is 0 Å². The van der Waals surface area contributed by atoms with Crippen LogP contribution in [0.2, 0.25) is 10.0 Å². The summed E-state index contributed by atoms with van der Waals surface area (Å²) in [7, 11) is 0. The second kappa shape index (κ2) is 11.9. The van der Waals surface area contributed by atoms with Gasteiger partial charge in [-0.3, -0.25) is 24.1 Å². The number of nitrogens with one attached hydrogen (secondary N) is 1. The number of aromatic amines is 1. The molecule has 2 saturated carbocycles. The summed E-state index contributed by atoms with van der Waals surface area (Å²) in [4.78, 5) is 56.3. The van der Waals surface area contributed by atoms with E-state index in [2.05, 4.69) is 4.98 Å². The lowest BCUT2D eigenvalue weighted by Crippen LogP contribution is -2.42. The maximum Gasteiger partial charge on any atom is 0.305 e. The van der Waals surface area contributed by atoms with Crippen LogP contribution in [0.4, 0.5) is 0 Å². The van der Waals surface area contributed by atoms with Crippen LogP contribution in [-0.2, 0) is 21.0 Å². The molecule has 3 fully saturated rings. The van der Waals surface area contributed by atoms with E-state index in [1.165, 1.54) is 16.2 Å². The normalized spacial score (nSPS) is 28.2.